The topological polar surface area (TPSA) is 111 Å². The molecule has 0 bridgehead atoms. The highest BCUT2D eigenvalue weighted by Crippen LogP contribution is 2.44. The van der Waals surface area contributed by atoms with Crippen LogP contribution < -0.4 is 15.4 Å². The molecule has 0 fully saturated rings. The summed E-state index contributed by atoms with van der Waals surface area (Å²) in [6, 6.07) is 8.63. The zero-order chi connectivity index (χ0) is 24.6. The largest absolute Gasteiger partial charge is 0.497 e. The molecule has 2 heterocycles. The number of hydrogen-bond acceptors (Lipinski definition) is 6. The first kappa shape index (κ1) is 23.4. The van der Waals surface area contributed by atoms with Crippen LogP contribution in [-0.2, 0) is 0 Å². The van der Waals surface area contributed by atoms with Crippen molar-refractivity contribution in [2.75, 3.05) is 17.7 Å². The average Bonchev–Trinajstić information content (AvgIpc) is 3.23. The lowest BCUT2D eigenvalue weighted by atomic mass is 9.97. The zero-order valence-corrected chi connectivity index (χ0v) is 18.2. The number of benzene rings is 2. The number of rotatable bonds is 5. The second-order valence-electron chi connectivity index (χ2n) is 7.50. The van der Waals surface area contributed by atoms with Gasteiger partial charge in [0.05, 0.1) is 28.8 Å². The first-order valence-corrected chi connectivity index (χ1v) is 10.3. The molecule has 9 nitrogen and oxygen atoms in total. The molecule has 1 aliphatic heterocycles. The van der Waals surface area contributed by atoms with Gasteiger partial charge in [0.1, 0.15) is 11.6 Å². The van der Waals surface area contributed by atoms with Crippen LogP contribution in [0.4, 0.5) is 30.4 Å². The molecule has 34 heavy (non-hydrogen) atoms. The lowest BCUT2D eigenvalue weighted by molar-refractivity contribution is -0.384. The summed E-state index contributed by atoms with van der Waals surface area (Å²) in [4.78, 5) is 22.9. The van der Waals surface area contributed by atoms with Gasteiger partial charge in [0.15, 0.2) is 11.7 Å². The number of nitro benzene ring substituents is 1. The lowest BCUT2D eigenvalue weighted by Gasteiger charge is -2.33. The van der Waals surface area contributed by atoms with E-state index in [-0.39, 0.29) is 34.3 Å². The quantitative estimate of drug-likeness (QED) is 0.364. The molecule has 0 aliphatic carbocycles. The molecule has 0 saturated carbocycles. The van der Waals surface area contributed by atoms with Gasteiger partial charge in [-0.05, 0) is 23.8 Å². The average molecular weight is 496 g/mol. The number of carbonyl (C=O) groups excluding carboxylic acids is 1. The first-order chi connectivity index (χ1) is 16.1. The van der Waals surface area contributed by atoms with Crippen molar-refractivity contribution in [2.24, 2.45) is 0 Å². The van der Waals surface area contributed by atoms with Crippen LogP contribution in [0.3, 0.4) is 0 Å². The molecule has 1 aliphatic rings. The Bertz CT molecular complexity index is 1250. The van der Waals surface area contributed by atoms with Gasteiger partial charge in [0.2, 0.25) is 0 Å². The molecule has 0 radical (unpaired) electrons. The Morgan fingerprint density at radius 2 is 1.97 bits per heavy atom. The van der Waals surface area contributed by atoms with E-state index in [0.717, 1.165) is 16.8 Å². The summed E-state index contributed by atoms with van der Waals surface area (Å²) in [5.74, 6) is -0.225. The van der Waals surface area contributed by atoms with Crippen molar-refractivity contribution < 1.29 is 27.6 Å². The third-order valence-electron chi connectivity index (χ3n) is 5.35. The second-order valence-corrected chi connectivity index (χ2v) is 7.91. The van der Waals surface area contributed by atoms with E-state index in [9.17, 15) is 28.1 Å². The van der Waals surface area contributed by atoms with Crippen molar-refractivity contribution in [1.82, 2.24) is 9.78 Å². The van der Waals surface area contributed by atoms with Crippen LogP contribution in [0, 0.1) is 10.1 Å². The minimum atomic E-state index is -4.61. The molecular formula is C21H17ClF3N5O4. The molecule has 2 aromatic carbocycles. The Hall–Kier alpha value is -3.80. The first-order valence-electron chi connectivity index (χ1n) is 9.89. The maximum Gasteiger partial charge on any atom is 0.410 e. The highest BCUT2D eigenvalue weighted by Gasteiger charge is 2.46. The second kappa shape index (κ2) is 8.86. The standard InChI is InChI=1S/C21H17ClF3N5O4/c1-34-13-5-2-11(3-6-13)16-9-18(21(23,24)25)29-19(26-16)10-17(28-29)20(31)27-15-7-4-12(30(32)33)8-14(15)22/h2-8,10,16,18,26H,9H2,1H3,(H,27,31)/t16-,18+/m1/s1. The minimum Gasteiger partial charge on any atom is -0.497 e. The zero-order valence-electron chi connectivity index (χ0n) is 17.5. The summed E-state index contributed by atoms with van der Waals surface area (Å²) in [6.07, 6.45) is -4.94. The van der Waals surface area contributed by atoms with Crippen molar-refractivity contribution >= 4 is 34.7 Å². The molecular weight excluding hydrogens is 479 g/mol. The fourth-order valence-corrected chi connectivity index (χ4v) is 3.87. The Labute approximate surface area is 195 Å². The van der Waals surface area contributed by atoms with E-state index in [2.05, 4.69) is 15.7 Å². The van der Waals surface area contributed by atoms with Crippen LogP contribution in [0.5, 0.6) is 5.75 Å². The van der Waals surface area contributed by atoms with Gasteiger partial charge in [-0.25, -0.2) is 4.68 Å². The molecule has 2 N–H and O–H groups in total. The van der Waals surface area contributed by atoms with E-state index in [1.165, 1.54) is 19.2 Å². The molecule has 0 saturated heterocycles. The summed E-state index contributed by atoms with van der Waals surface area (Å²) < 4.78 is 47.4. The number of carbonyl (C=O) groups is 1. The fourth-order valence-electron chi connectivity index (χ4n) is 3.64. The number of nitrogens with zero attached hydrogens (tertiary/aromatic N) is 3. The summed E-state index contributed by atoms with van der Waals surface area (Å²) in [5.41, 5.74) is 0.120. The summed E-state index contributed by atoms with van der Waals surface area (Å²) in [6.45, 7) is 0. The maximum atomic E-state index is 13.9. The van der Waals surface area contributed by atoms with Gasteiger partial charge in [-0.2, -0.15) is 18.3 Å². The maximum absolute atomic E-state index is 13.9. The molecule has 178 valence electrons. The molecule has 0 spiro atoms. The van der Waals surface area contributed by atoms with Gasteiger partial charge in [-0.3, -0.25) is 14.9 Å². The summed E-state index contributed by atoms with van der Waals surface area (Å²) >= 11 is 5.98. The van der Waals surface area contributed by atoms with E-state index >= 15 is 0 Å². The van der Waals surface area contributed by atoms with Gasteiger partial charge in [0.25, 0.3) is 11.6 Å². The van der Waals surface area contributed by atoms with E-state index in [4.69, 9.17) is 16.3 Å². The third-order valence-corrected chi connectivity index (χ3v) is 5.67. The van der Waals surface area contributed by atoms with E-state index in [1.807, 2.05) is 0 Å². The smallest absolute Gasteiger partial charge is 0.410 e. The van der Waals surface area contributed by atoms with E-state index in [0.29, 0.717) is 11.3 Å². The normalized spacial score (nSPS) is 17.4. The number of amides is 1. The predicted molar refractivity (Wildman–Crippen MR) is 117 cm³/mol. The summed E-state index contributed by atoms with van der Waals surface area (Å²) in [5, 5.41) is 20.0. The molecule has 1 amide bonds. The molecule has 2 atom stereocenters. The van der Waals surface area contributed by atoms with Gasteiger partial charge < -0.3 is 15.4 Å². The van der Waals surface area contributed by atoms with Crippen molar-refractivity contribution in [2.45, 2.75) is 24.7 Å². The van der Waals surface area contributed by atoms with Crippen molar-refractivity contribution in [3.05, 3.63) is 74.9 Å². The Kier molecular flexibility index (Phi) is 6.09. The summed E-state index contributed by atoms with van der Waals surface area (Å²) in [7, 11) is 1.49. The monoisotopic (exact) mass is 495 g/mol. The molecule has 1 aromatic heterocycles. The van der Waals surface area contributed by atoms with E-state index < -0.39 is 29.1 Å². The number of halogens is 4. The van der Waals surface area contributed by atoms with Gasteiger partial charge in [-0.1, -0.05) is 23.7 Å². The number of fused-ring (bicyclic) bond motifs is 1. The van der Waals surface area contributed by atoms with E-state index in [1.54, 1.807) is 24.3 Å². The fraction of sp³-hybridized carbons (Fsp3) is 0.238. The van der Waals surface area contributed by atoms with Crippen molar-refractivity contribution in [1.29, 1.82) is 0 Å². The van der Waals surface area contributed by atoms with Gasteiger partial charge in [-0.15, -0.1) is 0 Å². The molecule has 3 aromatic rings. The number of ether oxygens (including phenoxy) is 1. The highest BCUT2D eigenvalue weighted by molar-refractivity contribution is 6.34. The Morgan fingerprint density at radius 1 is 1.26 bits per heavy atom. The van der Waals surface area contributed by atoms with Crippen LogP contribution in [0.25, 0.3) is 0 Å². The number of methoxy groups -OCH3 is 1. The number of anilines is 2. The number of nitrogens with one attached hydrogen (secondary N) is 2. The number of aromatic nitrogens is 2. The number of nitro groups is 1. The number of alkyl halides is 3. The molecule has 4 rings (SSSR count). The van der Waals surface area contributed by atoms with Crippen LogP contribution >= 0.6 is 11.6 Å². The van der Waals surface area contributed by atoms with Crippen LogP contribution in [0.1, 0.15) is 34.6 Å². The Morgan fingerprint density at radius 3 is 2.56 bits per heavy atom. The number of non-ortho nitro benzene ring substituents is 1. The third kappa shape index (κ3) is 4.62. The van der Waals surface area contributed by atoms with Crippen molar-refractivity contribution in [3.8, 4) is 5.75 Å². The Balaban J connectivity index is 1.61. The lowest BCUT2D eigenvalue weighted by Crippen LogP contribution is -2.35. The number of hydrogen-bond donors (Lipinski definition) is 2. The van der Waals surface area contributed by atoms with Crippen LogP contribution in [0.2, 0.25) is 5.02 Å². The van der Waals surface area contributed by atoms with Crippen LogP contribution in [-0.4, -0.2) is 33.9 Å². The minimum absolute atomic E-state index is 0.0225. The van der Waals surface area contributed by atoms with Crippen LogP contribution in [0.15, 0.2) is 48.5 Å². The van der Waals surface area contributed by atoms with Gasteiger partial charge in [0, 0.05) is 24.6 Å². The predicted octanol–water partition coefficient (Wildman–Crippen LogP) is 5.37. The molecule has 13 heteroatoms. The van der Waals surface area contributed by atoms with Crippen molar-refractivity contribution in [3.63, 3.8) is 0 Å². The SMILES string of the molecule is COc1ccc([C@H]2C[C@@H](C(F)(F)F)n3nc(C(=O)Nc4ccc([N+](=O)[O-])cc4Cl)cc3N2)cc1. The highest BCUT2D eigenvalue weighted by atomic mass is 35.5. The van der Waals surface area contributed by atoms with Gasteiger partial charge >= 0.3 is 6.18 Å². The molecule has 0 unspecified atom stereocenters.